The molecule has 4 unspecified atom stereocenters. The fourth-order valence-corrected chi connectivity index (χ4v) is 3.61. The highest BCUT2D eigenvalue weighted by Gasteiger charge is 2.48. The van der Waals surface area contributed by atoms with Crippen molar-refractivity contribution < 1.29 is 14.7 Å². The van der Waals surface area contributed by atoms with Crippen molar-refractivity contribution in [3.8, 4) is 0 Å². The summed E-state index contributed by atoms with van der Waals surface area (Å²) < 4.78 is 0. The number of benzene rings is 1. The van der Waals surface area contributed by atoms with Crippen LogP contribution in [0, 0.1) is 18.8 Å². The van der Waals surface area contributed by atoms with Crippen LogP contribution < -0.4 is 0 Å². The number of hydrogen-bond donors (Lipinski definition) is 1. The minimum atomic E-state index is -0.928. The van der Waals surface area contributed by atoms with Crippen molar-refractivity contribution in [1.29, 1.82) is 0 Å². The van der Waals surface area contributed by atoms with Gasteiger partial charge < -0.3 is 5.11 Å². The molecule has 1 aromatic rings. The number of carbonyl (C=O) groups is 2. The third-order valence-electron chi connectivity index (χ3n) is 4.61. The standard InChI is InChI=1S/C17H18N2O3/c1-9-5-3-4-6-11(9)15-14(17(21)22)10(2)19-12-7-18-8-13(20)16(12)15/h3-7,12,14-16H,8H2,1-2H3,(H,21,22). The van der Waals surface area contributed by atoms with E-state index in [0.717, 1.165) is 11.1 Å². The van der Waals surface area contributed by atoms with Crippen LogP contribution in [0.1, 0.15) is 24.0 Å². The molecule has 22 heavy (non-hydrogen) atoms. The van der Waals surface area contributed by atoms with E-state index in [1.165, 1.54) is 0 Å². The number of aliphatic imine (C=N–C) groups is 2. The maximum atomic E-state index is 12.4. The number of ketones is 1. The summed E-state index contributed by atoms with van der Waals surface area (Å²) in [6.45, 7) is 3.80. The summed E-state index contributed by atoms with van der Waals surface area (Å²) in [5, 5.41) is 9.68. The highest BCUT2D eigenvalue weighted by molar-refractivity contribution is 6.05. The first-order chi connectivity index (χ1) is 10.5. The van der Waals surface area contributed by atoms with E-state index in [9.17, 15) is 14.7 Å². The van der Waals surface area contributed by atoms with Crippen LogP contribution in [0.2, 0.25) is 0 Å². The molecule has 0 bridgehead atoms. The second-order valence-corrected chi connectivity index (χ2v) is 5.94. The minimum Gasteiger partial charge on any atom is -0.481 e. The Bertz CT molecular complexity index is 693. The number of carbonyl (C=O) groups excluding carboxylic acids is 1. The SMILES string of the molecule is CC1=NC2C=NCC(=O)C2C(c2ccccc2C)C1C(=O)O. The Balaban J connectivity index is 2.19. The lowest BCUT2D eigenvalue weighted by molar-refractivity contribution is -0.141. The number of fused-ring (bicyclic) bond motifs is 1. The van der Waals surface area contributed by atoms with E-state index in [4.69, 9.17) is 0 Å². The van der Waals surface area contributed by atoms with Crippen molar-refractivity contribution in [2.45, 2.75) is 25.8 Å². The van der Waals surface area contributed by atoms with Gasteiger partial charge in [0.2, 0.25) is 0 Å². The molecule has 0 radical (unpaired) electrons. The van der Waals surface area contributed by atoms with Gasteiger partial charge in [-0.1, -0.05) is 24.3 Å². The van der Waals surface area contributed by atoms with Crippen LogP contribution in [0.15, 0.2) is 34.3 Å². The zero-order chi connectivity index (χ0) is 15.9. The van der Waals surface area contributed by atoms with Crippen LogP contribution in [0.4, 0.5) is 0 Å². The Morgan fingerprint density at radius 2 is 1.95 bits per heavy atom. The van der Waals surface area contributed by atoms with Crippen molar-refractivity contribution in [2.24, 2.45) is 21.8 Å². The molecular formula is C17H18N2O3. The molecule has 0 saturated heterocycles. The predicted octanol–water partition coefficient (Wildman–Crippen LogP) is 1.89. The molecule has 0 saturated carbocycles. The van der Waals surface area contributed by atoms with E-state index in [-0.39, 0.29) is 24.3 Å². The zero-order valence-corrected chi connectivity index (χ0v) is 12.6. The largest absolute Gasteiger partial charge is 0.481 e. The molecule has 5 nitrogen and oxygen atoms in total. The number of aryl methyl sites for hydroxylation is 1. The number of carboxylic acid groups (broad SMARTS) is 1. The predicted molar refractivity (Wildman–Crippen MR) is 83.8 cm³/mol. The lowest BCUT2D eigenvalue weighted by Crippen LogP contribution is -2.48. The summed E-state index contributed by atoms with van der Waals surface area (Å²) in [5.74, 6) is -2.55. The smallest absolute Gasteiger partial charge is 0.312 e. The molecule has 0 fully saturated rings. The lowest BCUT2D eigenvalue weighted by Gasteiger charge is -2.39. The van der Waals surface area contributed by atoms with E-state index in [1.807, 2.05) is 31.2 Å². The van der Waals surface area contributed by atoms with Crippen LogP contribution >= 0.6 is 0 Å². The fourth-order valence-electron chi connectivity index (χ4n) is 3.61. The maximum absolute atomic E-state index is 12.4. The monoisotopic (exact) mass is 298 g/mol. The van der Waals surface area contributed by atoms with Crippen molar-refractivity contribution >= 4 is 23.7 Å². The number of rotatable bonds is 2. The van der Waals surface area contributed by atoms with Crippen LogP contribution in [-0.4, -0.2) is 41.4 Å². The average Bonchev–Trinajstić information content (AvgIpc) is 2.46. The zero-order valence-electron chi connectivity index (χ0n) is 12.6. The molecule has 4 atom stereocenters. The molecule has 114 valence electrons. The van der Waals surface area contributed by atoms with Gasteiger partial charge in [0.25, 0.3) is 0 Å². The molecular weight excluding hydrogens is 280 g/mol. The minimum absolute atomic E-state index is 0.0248. The molecule has 2 aliphatic heterocycles. The van der Waals surface area contributed by atoms with Crippen molar-refractivity contribution in [2.75, 3.05) is 6.54 Å². The summed E-state index contributed by atoms with van der Waals surface area (Å²) in [4.78, 5) is 32.7. The summed E-state index contributed by atoms with van der Waals surface area (Å²) in [6.07, 6.45) is 1.69. The normalized spacial score (nSPS) is 30.6. The molecule has 0 amide bonds. The molecule has 0 spiro atoms. The Morgan fingerprint density at radius 3 is 2.64 bits per heavy atom. The summed E-state index contributed by atoms with van der Waals surface area (Å²) in [7, 11) is 0. The Kier molecular flexibility index (Phi) is 3.64. The molecule has 3 rings (SSSR count). The van der Waals surface area contributed by atoms with E-state index in [1.54, 1.807) is 13.1 Å². The third kappa shape index (κ3) is 2.26. The van der Waals surface area contributed by atoms with Gasteiger partial charge in [-0.05, 0) is 25.0 Å². The number of aliphatic carboxylic acids is 1. The van der Waals surface area contributed by atoms with Crippen LogP contribution in [0.25, 0.3) is 0 Å². The van der Waals surface area contributed by atoms with Gasteiger partial charge in [-0.15, -0.1) is 0 Å². The van der Waals surface area contributed by atoms with Gasteiger partial charge in [0.05, 0.1) is 18.5 Å². The highest BCUT2D eigenvalue weighted by atomic mass is 16.4. The number of Topliss-reactive ketones (excluding diaryl/α,β-unsaturated/α-hetero) is 1. The van der Waals surface area contributed by atoms with Crippen LogP contribution in [-0.2, 0) is 9.59 Å². The second kappa shape index (κ2) is 5.48. The fraction of sp³-hybridized carbons (Fsp3) is 0.412. The quantitative estimate of drug-likeness (QED) is 0.905. The number of carboxylic acids is 1. The molecule has 2 aliphatic rings. The van der Waals surface area contributed by atoms with Crippen molar-refractivity contribution in [1.82, 2.24) is 0 Å². The lowest BCUT2D eigenvalue weighted by atomic mass is 9.67. The van der Waals surface area contributed by atoms with E-state index < -0.39 is 17.8 Å². The van der Waals surface area contributed by atoms with E-state index in [0.29, 0.717) is 5.71 Å². The topological polar surface area (TPSA) is 79.1 Å². The third-order valence-corrected chi connectivity index (χ3v) is 4.61. The first kappa shape index (κ1) is 14.6. The van der Waals surface area contributed by atoms with Crippen molar-refractivity contribution in [3.05, 3.63) is 35.4 Å². The summed E-state index contributed by atoms with van der Waals surface area (Å²) in [6, 6.07) is 7.33. The van der Waals surface area contributed by atoms with Gasteiger partial charge >= 0.3 is 5.97 Å². The average molecular weight is 298 g/mol. The summed E-state index contributed by atoms with van der Waals surface area (Å²) >= 11 is 0. The van der Waals surface area contributed by atoms with Gasteiger partial charge in [0, 0.05) is 17.8 Å². The molecule has 5 heteroatoms. The van der Waals surface area contributed by atoms with Gasteiger partial charge in [0.1, 0.15) is 5.92 Å². The molecule has 0 aliphatic carbocycles. The molecule has 1 aromatic carbocycles. The first-order valence-corrected chi connectivity index (χ1v) is 7.36. The summed E-state index contributed by atoms with van der Waals surface area (Å²) in [5.41, 5.74) is 2.48. The van der Waals surface area contributed by atoms with E-state index in [2.05, 4.69) is 9.98 Å². The van der Waals surface area contributed by atoms with Gasteiger partial charge in [-0.3, -0.25) is 19.6 Å². The molecule has 0 aromatic heterocycles. The maximum Gasteiger partial charge on any atom is 0.312 e. The number of nitrogens with zero attached hydrogens (tertiary/aromatic N) is 2. The molecule has 1 N–H and O–H groups in total. The van der Waals surface area contributed by atoms with Crippen LogP contribution in [0.3, 0.4) is 0 Å². The van der Waals surface area contributed by atoms with Gasteiger partial charge in [0.15, 0.2) is 5.78 Å². The first-order valence-electron chi connectivity index (χ1n) is 7.36. The molecule has 2 heterocycles. The van der Waals surface area contributed by atoms with Gasteiger partial charge in [-0.2, -0.15) is 0 Å². The highest BCUT2D eigenvalue weighted by Crippen LogP contribution is 2.42. The van der Waals surface area contributed by atoms with Crippen LogP contribution in [0.5, 0.6) is 0 Å². The Hall–Kier alpha value is -2.30. The number of hydrogen-bond acceptors (Lipinski definition) is 4. The van der Waals surface area contributed by atoms with Crippen molar-refractivity contribution in [3.63, 3.8) is 0 Å². The Morgan fingerprint density at radius 1 is 1.23 bits per heavy atom. The van der Waals surface area contributed by atoms with E-state index >= 15 is 0 Å². The second-order valence-electron chi connectivity index (χ2n) is 5.94. The van der Waals surface area contributed by atoms with Gasteiger partial charge in [-0.25, -0.2) is 0 Å². The Labute approximate surface area is 128 Å².